The zero-order valence-electron chi connectivity index (χ0n) is 15.0. The molecule has 0 radical (unpaired) electrons. The van der Waals surface area contributed by atoms with Gasteiger partial charge in [0, 0.05) is 11.4 Å². The van der Waals surface area contributed by atoms with Crippen molar-refractivity contribution in [2.45, 2.75) is 19.8 Å². The minimum absolute atomic E-state index is 0.0125. The number of hydrogen-bond acceptors (Lipinski definition) is 5. The Balaban J connectivity index is 1.43. The van der Waals surface area contributed by atoms with Crippen molar-refractivity contribution < 1.29 is 14.3 Å². The third kappa shape index (κ3) is 3.71. The van der Waals surface area contributed by atoms with E-state index in [2.05, 4.69) is 17.6 Å². The summed E-state index contributed by atoms with van der Waals surface area (Å²) in [4.78, 5) is 14.3. The molecule has 2 aliphatic rings. The summed E-state index contributed by atoms with van der Waals surface area (Å²) >= 11 is 1.51. The number of fused-ring (bicyclic) bond motifs is 1. The molecule has 1 saturated heterocycles. The number of carbonyl (C=O) groups is 1. The second kappa shape index (κ2) is 7.29. The molecule has 2 aliphatic heterocycles. The van der Waals surface area contributed by atoms with Gasteiger partial charge in [-0.25, -0.2) is 0 Å². The van der Waals surface area contributed by atoms with E-state index < -0.39 is 0 Å². The largest absolute Gasteiger partial charge is 0.486 e. The predicted octanol–water partition coefficient (Wildman–Crippen LogP) is 3.31. The molecule has 1 amide bonds. The van der Waals surface area contributed by atoms with E-state index in [9.17, 15) is 4.79 Å². The SMILES string of the molecule is CC1(CNC(=O)c2ccc(-c3ccc4c(c3)OCCO4)s2)CCNCC1. The topological polar surface area (TPSA) is 59.6 Å². The van der Waals surface area contributed by atoms with Gasteiger partial charge in [0.1, 0.15) is 13.2 Å². The van der Waals surface area contributed by atoms with Gasteiger partial charge in [-0.05, 0) is 67.2 Å². The molecule has 6 heteroatoms. The van der Waals surface area contributed by atoms with Crippen molar-refractivity contribution in [1.82, 2.24) is 10.6 Å². The summed E-state index contributed by atoms with van der Waals surface area (Å²) in [5, 5.41) is 6.50. The molecule has 2 aromatic rings. The Kier molecular flexibility index (Phi) is 4.87. The quantitative estimate of drug-likeness (QED) is 0.865. The van der Waals surface area contributed by atoms with Crippen LogP contribution in [0.1, 0.15) is 29.4 Å². The van der Waals surface area contributed by atoms with Gasteiger partial charge in [0.25, 0.3) is 5.91 Å². The summed E-state index contributed by atoms with van der Waals surface area (Å²) in [7, 11) is 0. The molecule has 1 aromatic carbocycles. The van der Waals surface area contributed by atoms with E-state index in [0.29, 0.717) is 13.2 Å². The molecular formula is C20H24N2O3S. The van der Waals surface area contributed by atoms with Crippen LogP contribution in [0.4, 0.5) is 0 Å². The lowest BCUT2D eigenvalue weighted by atomic mass is 9.81. The van der Waals surface area contributed by atoms with Crippen molar-refractivity contribution in [2.75, 3.05) is 32.8 Å². The second-order valence-corrected chi connectivity index (χ2v) is 8.35. The lowest BCUT2D eigenvalue weighted by Crippen LogP contribution is -2.42. The van der Waals surface area contributed by atoms with Crippen molar-refractivity contribution in [1.29, 1.82) is 0 Å². The first-order valence-electron chi connectivity index (χ1n) is 9.12. The molecule has 0 unspecified atom stereocenters. The summed E-state index contributed by atoms with van der Waals surface area (Å²) in [6.07, 6.45) is 2.19. The monoisotopic (exact) mass is 372 g/mol. The van der Waals surface area contributed by atoms with Gasteiger partial charge >= 0.3 is 0 Å². The molecule has 0 spiro atoms. The number of hydrogen-bond donors (Lipinski definition) is 2. The molecule has 0 bridgehead atoms. The maximum Gasteiger partial charge on any atom is 0.261 e. The van der Waals surface area contributed by atoms with Crippen LogP contribution in [0.15, 0.2) is 30.3 Å². The van der Waals surface area contributed by atoms with Crippen LogP contribution in [0.25, 0.3) is 10.4 Å². The number of piperidine rings is 1. The summed E-state index contributed by atoms with van der Waals surface area (Å²) in [5.74, 6) is 1.57. The highest BCUT2D eigenvalue weighted by molar-refractivity contribution is 7.17. The maximum absolute atomic E-state index is 12.5. The Morgan fingerprint density at radius 1 is 1.15 bits per heavy atom. The van der Waals surface area contributed by atoms with E-state index in [1.165, 1.54) is 11.3 Å². The molecule has 138 valence electrons. The molecule has 3 heterocycles. The van der Waals surface area contributed by atoms with Crippen molar-refractivity contribution in [3.05, 3.63) is 35.2 Å². The predicted molar refractivity (Wildman–Crippen MR) is 103 cm³/mol. The Labute approximate surface area is 157 Å². The fourth-order valence-electron chi connectivity index (χ4n) is 3.40. The summed E-state index contributed by atoms with van der Waals surface area (Å²) in [5.41, 5.74) is 1.24. The van der Waals surface area contributed by atoms with Crippen LogP contribution in [0.2, 0.25) is 0 Å². The molecule has 4 rings (SSSR count). The fraction of sp³-hybridized carbons (Fsp3) is 0.450. The Hall–Kier alpha value is -2.05. The lowest BCUT2D eigenvalue weighted by molar-refractivity contribution is 0.0926. The van der Waals surface area contributed by atoms with Crippen LogP contribution in [0.5, 0.6) is 11.5 Å². The molecule has 1 aromatic heterocycles. The minimum atomic E-state index is 0.0125. The molecule has 26 heavy (non-hydrogen) atoms. The van der Waals surface area contributed by atoms with Gasteiger partial charge in [-0.3, -0.25) is 4.79 Å². The van der Waals surface area contributed by atoms with Gasteiger partial charge in [-0.1, -0.05) is 6.92 Å². The first-order chi connectivity index (χ1) is 12.6. The van der Waals surface area contributed by atoms with E-state index in [1.54, 1.807) is 0 Å². The van der Waals surface area contributed by atoms with E-state index in [0.717, 1.165) is 59.3 Å². The Morgan fingerprint density at radius 2 is 1.92 bits per heavy atom. The van der Waals surface area contributed by atoms with E-state index >= 15 is 0 Å². The first-order valence-corrected chi connectivity index (χ1v) is 9.93. The van der Waals surface area contributed by atoms with E-state index in [1.807, 2.05) is 30.3 Å². The van der Waals surface area contributed by atoms with Gasteiger partial charge in [-0.15, -0.1) is 11.3 Å². The van der Waals surface area contributed by atoms with Crippen LogP contribution >= 0.6 is 11.3 Å². The first kappa shape index (κ1) is 17.4. The molecule has 2 N–H and O–H groups in total. The van der Waals surface area contributed by atoms with Crippen molar-refractivity contribution in [2.24, 2.45) is 5.41 Å². The standard InChI is InChI=1S/C20H24N2O3S/c1-20(6-8-21-9-7-20)13-22-19(23)18-5-4-17(26-18)14-2-3-15-16(12-14)25-11-10-24-15/h2-5,12,21H,6-11,13H2,1H3,(H,22,23). The number of carbonyl (C=O) groups excluding carboxylic acids is 1. The Bertz CT molecular complexity index is 796. The van der Waals surface area contributed by atoms with Gasteiger partial charge in [0.2, 0.25) is 0 Å². The summed E-state index contributed by atoms with van der Waals surface area (Å²) < 4.78 is 11.2. The van der Waals surface area contributed by atoms with Crippen molar-refractivity contribution in [3.8, 4) is 21.9 Å². The minimum Gasteiger partial charge on any atom is -0.486 e. The molecule has 5 nitrogen and oxygen atoms in total. The number of rotatable bonds is 4. The van der Waals surface area contributed by atoms with E-state index in [4.69, 9.17) is 9.47 Å². The maximum atomic E-state index is 12.5. The highest BCUT2D eigenvalue weighted by atomic mass is 32.1. The smallest absolute Gasteiger partial charge is 0.261 e. The van der Waals surface area contributed by atoms with Crippen LogP contribution in [-0.4, -0.2) is 38.8 Å². The third-order valence-corrected chi connectivity index (χ3v) is 6.28. The lowest BCUT2D eigenvalue weighted by Gasteiger charge is -2.34. The highest BCUT2D eigenvalue weighted by Gasteiger charge is 2.27. The van der Waals surface area contributed by atoms with Crippen LogP contribution in [0.3, 0.4) is 0 Å². The molecule has 0 saturated carbocycles. The van der Waals surface area contributed by atoms with Crippen LogP contribution in [0, 0.1) is 5.41 Å². The normalized spacial score (nSPS) is 18.3. The second-order valence-electron chi connectivity index (χ2n) is 7.27. The average molecular weight is 372 g/mol. The zero-order valence-corrected chi connectivity index (χ0v) is 15.8. The van der Waals surface area contributed by atoms with Gasteiger partial charge < -0.3 is 20.1 Å². The fourth-order valence-corrected chi connectivity index (χ4v) is 4.32. The summed E-state index contributed by atoms with van der Waals surface area (Å²) in [6.45, 7) is 6.20. The molecule has 0 aliphatic carbocycles. The van der Waals surface area contributed by atoms with Gasteiger partial charge in [0.05, 0.1) is 4.88 Å². The van der Waals surface area contributed by atoms with Crippen LogP contribution in [-0.2, 0) is 0 Å². The van der Waals surface area contributed by atoms with Gasteiger partial charge in [-0.2, -0.15) is 0 Å². The summed E-state index contributed by atoms with van der Waals surface area (Å²) in [6, 6.07) is 9.82. The molecule has 0 atom stereocenters. The molecular weight excluding hydrogens is 348 g/mol. The average Bonchev–Trinajstić information content (AvgIpc) is 3.17. The van der Waals surface area contributed by atoms with Crippen molar-refractivity contribution >= 4 is 17.2 Å². The zero-order chi connectivity index (χ0) is 18.0. The number of benzene rings is 1. The highest BCUT2D eigenvalue weighted by Crippen LogP contribution is 2.37. The van der Waals surface area contributed by atoms with Crippen LogP contribution < -0.4 is 20.1 Å². The van der Waals surface area contributed by atoms with Crippen molar-refractivity contribution in [3.63, 3.8) is 0 Å². The van der Waals surface area contributed by atoms with E-state index in [-0.39, 0.29) is 11.3 Å². The number of nitrogens with one attached hydrogen (secondary N) is 2. The number of ether oxygens (including phenoxy) is 2. The molecule has 1 fully saturated rings. The number of thiophene rings is 1. The third-order valence-electron chi connectivity index (χ3n) is 5.14. The Morgan fingerprint density at radius 3 is 2.73 bits per heavy atom. The van der Waals surface area contributed by atoms with Gasteiger partial charge in [0.15, 0.2) is 11.5 Å². The number of amides is 1.